The number of carbonyl (C=O) groups is 1. The second kappa shape index (κ2) is 9.70. The summed E-state index contributed by atoms with van der Waals surface area (Å²) >= 11 is 0. The molecule has 0 saturated carbocycles. The normalized spacial score (nSPS) is 16.6. The van der Waals surface area contributed by atoms with Crippen molar-refractivity contribution in [2.75, 3.05) is 5.73 Å². The fourth-order valence-corrected chi connectivity index (χ4v) is 2.98. The lowest BCUT2D eigenvalue weighted by molar-refractivity contribution is -0.295. The van der Waals surface area contributed by atoms with Crippen molar-refractivity contribution in [3.05, 3.63) is 47.4 Å². The largest absolute Gasteiger partial charge is 0.490 e. The number of hydrogen-bond donors (Lipinski definition) is 4. The number of aliphatic hydroxyl groups is 2. The monoisotopic (exact) mass is 551 g/mol. The number of hydrogen-bond acceptors (Lipinski definition) is 6. The number of alkyl halides is 9. The zero-order valence-corrected chi connectivity index (χ0v) is 18.0. The number of anilines is 1. The third kappa shape index (κ3) is 5.87. The van der Waals surface area contributed by atoms with E-state index in [-0.39, 0.29) is 11.3 Å². The first kappa shape index (κ1) is 25.1. The molecule has 3 rings (SSSR count). The van der Waals surface area contributed by atoms with Crippen LogP contribution in [0.15, 0.2) is 30.6 Å². The van der Waals surface area contributed by atoms with Crippen LogP contribution in [0.3, 0.4) is 0 Å². The van der Waals surface area contributed by atoms with E-state index in [9.17, 15) is 49.7 Å². The van der Waals surface area contributed by atoms with Crippen molar-refractivity contribution in [1.82, 2.24) is 14.4 Å². The van der Waals surface area contributed by atoms with Gasteiger partial charge in [0.05, 0.1) is 18.0 Å². The molecule has 0 saturated heterocycles. The molecule has 0 spiro atoms. The van der Waals surface area contributed by atoms with Crippen molar-refractivity contribution in [2.24, 2.45) is 0 Å². The fourth-order valence-electron chi connectivity index (χ4n) is 2.98. The number of fused-ring (bicyclic) bond motifs is 1. The van der Waals surface area contributed by atoms with Gasteiger partial charge >= 0.3 is 24.5 Å². The Labute approximate surface area is 205 Å². The van der Waals surface area contributed by atoms with Crippen molar-refractivity contribution in [3.8, 4) is 11.3 Å². The maximum atomic E-state index is 13.7. The number of aliphatic carboxylic acids is 1. The number of imidazole rings is 1. The summed E-state index contributed by atoms with van der Waals surface area (Å²) in [5.74, 6) is -3.41. The summed E-state index contributed by atoms with van der Waals surface area (Å²) in [7, 11) is 0. The number of halogens is 9. The Balaban J connectivity index is 0.000000708. The Kier molecular flexibility index (Phi) is 6.57. The Morgan fingerprint density at radius 1 is 1.14 bits per heavy atom. The van der Waals surface area contributed by atoms with Gasteiger partial charge in [-0.15, -0.1) is 0 Å². The SMILES string of the molecule is O=C(O)C(F)(F)F.[2H]C([2H])([2H])c1ccc(C(O)(C(C)O)C(F)(F)F)cc1-c1cnc2c(N)nc(C(F)(F)F)cn12. The molecule has 2 aromatic heterocycles. The molecule has 0 radical (unpaired) electrons. The van der Waals surface area contributed by atoms with Crippen molar-refractivity contribution in [3.63, 3.8) is 0 Å². The summed E-state index contributed by atoms with van der Waals surface area (Å²) in [5, 5.41) is 27.1. The Bertz CT molecular complexity index is 1400. The minimum Gasteiger partial charge on any atom is -0.475 e. The van der Waals surface area contributed by atoms with Gasteiger partial charge in [-0.2, -0.15) is 39.5 Å². The number of nitrogen functional groups attached to an aromatic ring is 1. The van der Waals surface area contributed by atoms with Gasteiger partial charge in [-0.3, -0.25) is 4.40 Å². The van der Waals surface area contributed by atoms with Gasteiger partial charge in [0.15, 0.2) is 17.2 Å². The minimum absolute atomic E-state index is 0.304. The number of aromatic nitrogens is 3. The van der Waals surface area contributed by atoms with Gasteiger partial charge < -0.3 is 21.1 Å². The Morgan fingerprint density at radius 2 is 1.70 bits per heavy atom. The van der Waals surface area contributed by atoms with Crippen LogP contribution >= 0.6 is 0 Å². The lowest BCUT2D eigenvalue weighted by Gasteiger charge is -2.33. The van der Waals surface area contributed by atoms with E-state index in [4.69, 9.17) is 19.7 Å². The number of benzene rings is 1. The highest BCUT2D eigenvalue weighted by Gasteiger charge is 2.58. The zero-order valence-electron chi connectivity index (χ0n) is 21.0. The van der Waals surface area contributed by atoms with Gasteiger partial charge in [0.2, 0.25) is 5.60 Å². The van der Waals surface area contributed by atoms with E-state index in [1.54, 1.807) is 0 Å². The van der Waals surface area contributed by atoms with Crippen molar-refractivity contribution < 1.29 is 63.7 Å². The number of nitrogens with two attached hydrogens (primary N) is 1. The summed E-state index contributed by atoms with van der Waals surface area (Å²) in [6, 6.07) is 2.08. The molecule has 37 heavy (non-hydrogen) atoms. The number of aliphatic hydroxyl groups excluding tert-OH is 1. The summed E-state index contributed by atoms with van der Waals surface area (Å²) < 4.78 is 136. The van der Waals surface area contributed by atoms with E-state index in [1.165, 1.54) is 0 Å². The van der Waals surface area contributed by atoms with Gasteiger partial charge in [-0.1, -0.05) is 12.1 Å². The number of rotatable bonds is 3. The zero-order chi connectivity index (χ0) is 31.2. The van der Waals surface area contributed by atoms with Crippen LogP contribution in [-0.2, 0) is 16.6 Å². The van der Waals surface area contributed by atoms with Crippen LogP contribution in [0.1, 0.15) is 27.9 Å². The van der Waals surface area contributed by atoms with Crippen molar-refractivity contribution >= 4 is 17.4 Å². The molecule has 17 heteroatoms. The molecule has 0 aliphatic rings. The smallest absolute Gasteiger partial charge is 0.475 e. The van der Waals surface area contributed by atoms with Gasteiger partial charge in [-0.25, -0.2) is 14.8 Å². The van der Waals surface area contributed by atoms with Crippen LogP contribution in [-0.4, -0.2) is 54.1 Å². The first-order chi connectivity index (χ1) is 17.8. The molecule has 0 bridgehead atoms. The molecule has 8 nitrogen and oxygen atoms in total. The molecule has 3 aromatic rings. The molecule has 1 aromatic carbocycles. The van der Waals surface area contributed by atoms with Crippen LogP contribution in [0.5, 0.6) is 0 Å². The van der Waals surface area contributed by atoms with E-state index < -0.39 is 71.3 Å². The first-order valence-corrected chi connectivity index (χ1v) is 9.46. The van der Waals surface area contributed by atoms with Crippen molar-refractivity contribution in [1.29, 1.82) is 0 Å². The quantitative estimate of drug-likeness (QED) is 0.361. The molecule has 204 valence electrons. The van der Waals surface area contributed by atoms with Crippen LogP contribution in [0, 0.1) is 6.85 Å². The molecule has 0 amide bonds. The van der Waals surface area contributed by atoms with Crippen LogP contribution in [0.4, 0.5) is 45.3 Å². The molecule has 0 aliphatic carbocycles. The molecular weight excluding hydrogens is 531 g/mol. The highest BCUT2D eigenvalue weighted by molar-refractivity contribution is 5.73. The summed E-state index contributed by atoms with van der Waals surface area (Å²) in [6.45, 7) is -2.23. The summed E-state index contributed by atoms with van der Waals surface area (Å²) in [5.41, 5.74) is -2.32. The molecule has 2 heterocycles. The topological polar surface area (TPSA) is 134 Å². The van der Waals surface area contributed by atoms with Crippen LogP contribution < -0.4 is 5.73 Å². The molecule has 5 N–H and O–H groups in total. The molecule has 2 unspecified atom stereocenters. The standard InChI is InChI=1S/C18H16F6N4O2.C2HF3O2/c1-8-3-4-10(16(30,9(2)29)18(22,23)24)5-11(8)12-6-26-15-14(25)27-13(7-28(12)15)17(19,20)21;3-2(4,5)1(6)7/h3-7,9,29-30H,1-2H3,(H2,25,27);(H,6,7)/i1D3;. The number of carboxylic acid groups (broad SMARTS) is 1. The lowest BCUT2D eigenvalue weighted by atomic mass is 9.86. The predicted octanol–water partition coefficient (Wildman–Crippen LogP) is 4.07. The number of carboxylic acids is 1. The van der Waals surface area contributed by atoms with Gasteiger partial charge in [0.1, 0.15) is 0 Å². The molecule has 0 fully saturated rings. The van der Waals surface area contributed by atoms with E-state index in [0.29, 0.717) is 25.3 Å². The maximum Gasteiger partial charge on any atom is 0.490 e. The minimum atomic E-state index is -5.38. The Hall–Kier alpha value is -3.60. The Morgan fingerprint density at radius 3 is 2.14 bits per heavy atom. The second-order valence-corrected chi connectivity index (χ2v) is 7.35. The number of nitrogens with zero attached hydrogens (tertiary/aromatic N) is 3. The average Bonchev–Trinajstić information content (AvgIpc) is 3.20. The van der Waals surface area contributed by atoms with Gasteiger partial charge in [0, 0.05) is 15.9 Å². The number of aryl methyl sites for hydroxylation is 1. The fraction of sp³-hybridized carbons (Fsp3) is 0.350. The lowest BCUT2D eigenvalue weighted by Crippen LogP contribution is -2.50. The second-order valence-electron chi connectivity index (χ2n) is 7.35. The average molecular weight is 551 g/mol. The highest BCUT2D eigenvalue weighted by atomic mass is 19.4. The molecule has 0 aliphatic heterocycles. The third-order valence-electron chi connectivity index (χ3n) is 4.82. The third-order valence-corrected chi connectivity index (χ3v) is 4.82. The first-order valence-electron chi connectivity index (χ1n) is 11.0. The van der Waals surface area contributed by atoms with Crippen molar-refractivity contribution in [2.45, 2.75) is 44.0 Å². The predicted molar refractivity (Wildman–Crippen MR) is 108 cm³/mol. The van der Waals surface area contributed by atoms with Gasteiger partial charge in [-0.05, 0) is 31.0 Å². The molecule has 2 atom stereocenters. The van der Waals surface area contributed by atoms with E-state index in [1.807, 2.05) is 0 Å². The summed E-state index contributed by atoms with van der Waals surface area (Å²) in [4.78, 5) is 15.9. The van der Waals surface area contributed by atoms with E-state index >= 15 is 0 Å². The van der Waals surface area contributed by atoms with E-state index in [0.717, 1.165) is 16.7 Å². The van der Waals surface area contributed by atoms with E-state index in [2.05, 4.69) is 9.97 Å². The highest BCUT2D eigenvalue weighted by Crippen LogP contribution is 2.43. The molecular formula is C20H17F9N4O4. The maximum absolute atomic E-state index is 13.7. The summed E-state index contributed by atoms with van der Waals surface area (Å²) in [6.07, 6.45) is -16.4. The van der Waals surface area contributed by atoms with Crippen LogP contribution in [0.25, 0.3) is 16.9 Å². The van der Waals surface area contributed by atoms with Crippen LogP contribution in [0.2, 0.25) is 0 Å². The van der Waals surface area contributed by atoms with Gasteiger partial charge in [0.25, 0.3) is 0 Å².